The smallest absolute Gasteiger partial charge is 0.301 e. The molecule has 5 nitrogen and oxygen atoms in total. The van der Waals surface area contributed by atoms with Crippen molar-refractivity contribution < 1.29 is 17.9 Å². The molecule has 20 heavy (non-hydrogen) atoms. The first-order valence-electron chi connectivity index (χ1n) is 6.57. The van der Waals surface area contributed by atoms with Crippen LogP contribution in [0.25, 0.3) is 0 Å². The summed E-state index contributed by atoms with van der Waals surface area (Å²) in [6.07, 6.45) is 1.28. The molecule has 0 bridgehead atoms. The molecule has 0 spiro atoms. The highest BCUT2D eigenvalue weighted by Gasteiger charge is 2.28. The molecule has 0 radical (unpaired) electrons. The Morgan fingerprint density at radius 1 is 1.40 bits per heavy atom. The maximum absolute atomic E-state index is 13.2. The van der Waals surface area contributed by atoms with Gasteiger partial charge in [0.25, 0.3) is 0 Å². The third-order valence-electron chi connectivity index (χ3n) is 3.61. The van der Waals surface area contributed by atoms with E-state index in [1.54, 1.807) is 6.92 Å². The number of benzene rings is 1. The summed E-state index contributed by atoms with van der Waals surface area (Å²) in [6.45, 7) is 2.55. The van der Waals surface area contributed by atoms with Crippen LogP contribution in [0, 0.1) is 18.7 Å². The van der Waals surface area contributed by atoms with Gasteiger partial charge >= 0.3 is 10.2 Å². The lowest BCUT2D eigenvalue weighted by atomic mass is 10.00. The first-order chi connectivity index (χ1) is 9.42. The minimum Gasteiger partial charge on any atom is -0.396 e. The van der Waals surface area contributed by atoms with Crippen molar-refractivity contribution in [3.8, 4) is 0 Å². The molecule has 0 aliphatic carbocycles. The molecule has 1 saturated heterocycles. The number of piperidine rings is 1. The number of aryl methyl sites for hydroxylation is 1. The van der Waals surface area contributed by atoms with Crippen LogP contribution < -0.4 is 4.72 Å². The Kier molecular flexibility index (Phi) is 4.62. The Morgan fingerprint density at radius 3 is 2.65 bits per heavy atom. The molecular weight excluding hydrogens is 283 g/mol. The van der Waals surface area contributed by atoms with Gasteiger partial charge in [-0.25, -0.2) is 4.39 Å². The summed E-state index contributed by atoms with van der Waals surface area (Å²) >= 11 is 0. The second-order valence-corrected chi connectivity index (χ2v) is 6.76. The van der Waals surface area contributed by atoms with Crippen LogP contribution in [0.2, 0.25) is 0 Å². The molecule has 1 fully saturated rings. The van der Waals surface area contributed by atoms with E-state index in [0.29, 0.717) is 31.5 Å². The monoisotopic (exact) mass is 302 g/mol. The van der Waals surface area contributed by atoms with Crippen molar-refractivity contribution in [3.63, 3.8) is 0 Å². The maximum Gasteiger partial charge on any atom is 0.301 e. The molecule has 2 N–H and O–H groups in total. The Hall–Kier alpha value is -1.18. The highest BCUT2D eigenvalue weighted by Crippen LogP contribution is 2.22. The lowest BCUT2D eigenvalue weighted by molar-refractivity contribution is 0.170. The van der Waals surface area contributed by atoms with Crippen LogP contribution in [0.1, 0.15) is 18.4 Å². The SMILES string of the molecule is Cc1ccc(F)cc1NS(=O)(=O)N1CCC(CO)CC1. The van der Waals surface area contributed by atoms with Gasteiger partial charge in [0.2, 0.25) is 0 Å². The summed E-state index contributed by atoms with van der Waals surface area (Å²) < 4.78 is 41.4. The van der Waals surface area contributed by atoms with E-state index < -0.39 is 16.0 Å². The normalized spacial score (nSPS) is 18.1. The highest BCUT2D eigenvalue weighted by molar-refractivity contribution is 7.90. The second-order valence-electron chi connectivity index (χ2n) is 5.09. The molecule has 0 amide bonds. The zero-order valence-corrected chi connectivity index (χ0v) is 12.2. The van der Waals surface area contributed by atoms with Crippen molar-refractivity contribution in [2.75, 3.05) is 24.4 Å². The van der Waals surface area contributed by atoms with E-state index >= 15 is 0 Å². The highest BCUT2D eigenvalue weighted by atomic mass is 32.2. The van der Waals surface area contributed by atoms with Gasteiger partial charge in [-0.2, -0.15) is 12.7 Å². The van der Waals surface area contributed by atoms with E-state index in [2.05, 4.69) is 4.72 Å². The van der Waals surface area contributed by atoms with Crippen LogP contribution in [0.3, 0.4) is 0 Å². The molecule has 0 saturated carbocycles. The molecule has 0 atom stereocenters. The van der Waals surface area contributed by atoms with E-state index in [9.17, 15) is 12.8 Å². The fraction of sp³-hybridized carbons (Fsp3) is 0.538. The topological polar surface area (TPSA) is 69.6 Å². The van der Waals surface area contributed by atoms with E-state index in [-0.39, 0.29) is 18.2 Å². The number of hydrogen-bond acceptors (Lipinski definition) is 3. The fourth-order valence-electron chi connectivity index (χ4n) is 2.24. The number of rotatable bonds is 4. The summed E-state index contributed by atoms with van der Waals surface area (Å²) in [6, 6.07) is 4.00. The average molecular weight is 302 g/mol. The van der Waals surface area contributed by atoms with Crippen molar-refractivity contribution in [1.82, 2.24) is 4.31 Å². The van der Waals surface area contributed by atoms with Gasteiger partial charge in [-0.05, 0) is 43.4 Å². The van der Waals surface area contributed by atoms with E-state index in [1.165, 1.54) is 22.5 Å². The third kappa shape index (κ3) is 3.47. The van der Waals surface area contributed by atoms with Crippen LogP contribution in [0.4, 0.5) is 10.1 Å². The number of nitrogens with one attached hydrogen (secondary N) is 1. The Bertz CT molecular complexity index is 569. The minimum absolute atomic E-state index is 0.0876. The van der Waals surface area contributed by atoms with Crippen LogP contribution in [-0.4, -0.2) is 37.5 Å². The molecule has 112 valence electrons. The van der Waals surface area contributed by atoms with Gasteiger partial charge in [0.1, 0.15) is 5.82 Å². The Balaban J connectivity index is 2.10. The fourth-order valence-corrected chi connectivity index (χ4v) is 3.56. The summed E-state index contributed by atoms with van der Waals surface area (Å²) in [5, 5.41) is 9.06. The van der Waals surface area contributed by atoms with Crippen LogP contribution in [-0.2, 0) is 10.2 Å². The lowest BCUT2D eigenvalue weighted by Crippen LogP contribution is -2.42. The summed E-state index contributed by atoms with van der Waals surface area (Å²) in [5.74, 6) is -0.315. The van der Waals surface area contributed by atoms with Crippen LogP contribution in [0.5, 0.6) is 0 Å². The van der Waals surface area contributed by atoms with Gasteiger partial charge in [0.05, 0.1) is 5.69 Å². The molecule has 0 unspecified atom stereocenters. The number of halogens is 1. The van der Waals surface area contributed by atoms with Gasteiger partial charge < -0.3 is 5.11 Å². The quantitative estimate of drug-likeness (QED) is 0.885. The van der Waals surface area contributed by atoms with Gasteiger partial charge in [0, 0.05) is 19.7 Å². The molecule has 1 heterocycles. The summed E-state index contributed by atoms with van der Waals surface area (Å²) in [4.78, 5) is 0. The summed E-state index contributed by atoms with van der Waals surface area (Å²) in [7, 11) is -3.67. The molecule has 1 aromatic rings. The summed E-state index contributed by atoms with van der Waals surface area (Å²) in [5.41, 5.74) is 0.925. The van der Waals surface area contributed by atoms with Gasteiger partial charge in [-0.3, -0.25) is 4.72 Å². The predicted molar refractivity (Wildman–Crippen MR) is 75.1 cm³/mol. The van der Waals surface area contributed by atoms with Gasteiger partial charge in [-0.1, -0.05) is 6.07 Å². The average Bonchev–Trinajstić information content (AvgIpc) is 2.43. The van der Waals surface area contributed by atoms with Crippen LogP contribution >= 0.6 is 0 Å². The zero-order valence-electron chi connectivity index (χ0n) is 11.3. The van der Waals surface area contributed by atoms with Gasteiger partial charge in [0.15, 0.2) is 0 Å². The molecule has 7 heteroatoms. The molecule has 0 aromatic heterocycles. The Labute approximate surface area is 118 Å². The predicted octanol–water partition coefficient (Wildman–Crippen LogP) is 1.50. The van der Waals surface area contributed by atoms with E-state index in [1.807, 2.05) is 0 Å². The van der Waals surface area contributed by atoms with Crippen molar-refractivity contribution in [3.05, 3.63) is 29.6 Å². The van der Waals surface area contributed by atoms with Crippen molar-refractivity contribution in [2.24, 2.45) is 5.92 Å². The third-order valence-corrected chi connectivity index (χ3v) is 5.13. The first kappa shape index (κ1) is 15.2. The Morgan fingerprint density at radius 2 is 2.05 bits per heavy atom. The van der Waals surface area contributed by atoms with E-state index in [0.717, 1.165) is 0 Å². The number of aliphatic hydroxyl groups excluding tert-OH is 1. The van der Waals surface area contributed by atoms with Crippen molar-refractivity contribution in [1.29, 1.82) is 0 Å². The second kappa shape index (κ2) is 6.07. The largest absolute Gasteiger partial charge is 0.396 e. The van der Waals surface area contributed by atoms with Crippen molar-refractivity contribution >= 4 is 15.9 Å². The standard InChI is InChI=1S/C13H19FN2O3S/c1-10-2-3-12(14)8-13(10)15-20(18,19)16-6-4-11(9-17)5-7-16/h2-3,8,11,15,17H,4-7,9H2,1H3. The molecule has 2 rings (SSSR count). The molecule has 1 aliphatic heterocycles. The molecular formula is C13H19FN2O3S. The molecule has 1 aromatic carbocycles. The van der Waals surface area contributed by atoms with Crippen LogP contribution in [0.15, 0.2) is 18.2 Å². The van der Waals surface area contributed by atoms with Gasteiger partial charge in [-0.15, -0.1) is 0 Å². The number of hydrogen-bond donors (Lipinski definition) is 2. The van der Waals surface area contributed by atoms with E-state index in [4.69, 9.17) is 5.11 Å². The van der Waals surface area contributed by atoms with Crippen molar-refractivity contribution in [2.45, 2.75) is 19.8 Å². The lowest BCUT2D eigenvalue weighted by Gasteiger charge is -2.30. The maximum atomic E-state index is 13.2. The zero-order chi connectivity index (χ0) is 14.8. The number of anilines is 1. The first-order valence-corrected chi connectivity index (χ1v) is 8.01. The minimum atomic E-state index is -3.67. The molecule has 1 aliphatic rings. The number of aliphatic hydroxyl groups is 1. The number of nitrogens with zero attached hydrogens (tertiary/aromatic N) is 1.